The van der Waals surface area contributed by atoms with Gasteiger partial charge in [-0.15, -0.1) is 0 Å². The van der Waals surface area contributed by atoms with Crippen LogP contribution in [0.3, 0.4) is 0 Å². The van der Waals surface area contributed by atoms with Crippen LogP contribution >= 0.6 is 11.8 Å². The van der Waals surface area contributed by atoms with Crippen LogP contribution in [0.2, 0.25) is 0 Å². The van der Waals surface area contributed by atoms with E-state index in [0.29, 0.717) is 5.16 Å². The molecule has 8 heteroatoms. The van der Waals surface area contributed by atoms with E-state index in [1.54, 1.807) is 0 Å². The average molecular weight is 330 g/mol. The quantitative estimate of drug-likeness (QED) is 0.820. The van der Waals surface area contributed by atoms with E-state index < -0.39 is 0 Å². The number of nitrogen functional groups attached to an aromatic ring is 2. The highest BCUT2D eigenvalue weighted by atomic mass is 32.2. The van der Waals surface area contributed by atoms with Gasteiger partial charge in [0, 0.05) is 11.7 Å². The molecule has 1 aliphatic heterocycles. The number of aromatic nitrogens is 3. The zero-order valence-corrected chi connectivity index (χ0v) is 13.6. The van der Waals surface area contributed by atoms with Crippen LogP contribution in [-0.4, -0.2) is 32.7 Å². The molecule has 1 amide bonds. The van der Waals surface area contributed by atoms with Crippen molar-refractivity contribution in [3.8, 4) is 0 Å². The molecule has 3 rings (SSSR count). The van der Waals surface area contributed by atoms with Crippen molar-refractivity contribution >= 4 is 35.3 Å². The largest absolute Gasteiger partial charge is 0.368 e. The van der Waals surface area contributed by atoms with Gasteiger partial charge in [-0.2, -0.15) is 15.0 Å². The van der Waals surface area contributed by atoms with Gasteiger partial charge in [0.05, 0.1) is 5.75 Å². The monoisotopic (exact) mass is 330 g/mol. The SMILES string of the molecule is CC1CCc2ccccc2N1C(=O)CSc1nc(N)nc(N)n1. The normalized spacial score (nSPS) is 16.9. The maximum Gasteiger partial charge on any atom is 0.237 e. The van der Waals surface area contributed by atoms with E-state index in [1.807, 2.05) is 23.1 Å². The number of hydrogen-bond acceptors (Lipinski definition) is 7. The minimum Gasteiger partial charge on any atom is -0.368 e. The lowest BCUT2D eigenvalue weighted by molar-refractivity contribution is -0.116. The number of thioether (sulfide) groups is 1. The summed E-state index contributed by atoms with van der Waals surface area (Å²) in [5.41, 5.74) is 13.3. The van der Waals surface area contributed by atoms with E-state index in [4.69, 9.17) is 11.5 Å². The summed E-state index contributed by atoms with van der Waals surface area (Å²) in [6.07, 6.45) is 1.95. The Balaban J connectivity index is 1.75. The second kappa shape index (κ2) is 6.41. The molecule has 1 aromatic heterocycles. The fourth-order valence-electron chi connectivity index (χ4n) is 2.72. The molecule has 0 saturated heterocycles. The van der Waals surface area contributed by atoms with Crippen molar-refractivity contribution in [3.05, 3.63) is 29.8 Å². The fourth-order valence-corrected chi connectivity index (χ4v) is 3.42. The number of benzene rings is 1. The van der Waals surface area contributed by atoms with Gasteiger partial charge in [0.25, 0.3) is 0 Å². The van der Waals surface area contributed by atoms with Gasteiger partial charge in [0.2, 0.25) is 17.8 Å². The molecule has 4 N–H and O–H groups in total. The van der Waals surface area contributed by atoms with Crippen molar-refractivity contribution in [2.75, 3.05) is 22.1 Å². The number of aryl methyl sites for hydroxylation is 1. The zero-order chi connectivity index (χ0) is 16.4. The number of anilines is 3. The summed E-state index contributed by atoms with van der Waals surface area (Å²) in [7, 11) is 0. The lowest BCUT2D eigenvalue weighted by Crippen LogP contribution is -2.43. The van der Waals surface area contributed by atoms with Crippen LogP contribution in [0.4, 0.5) is 17.6 Å². The molecule has 0 saturated carbocycles. The van der Waals surface area contributed by atoms with E-state index in [2.05, 4.69) is 27.9 Å². The van der Waals surface area contributed by atoms with E-state index in [9.17, 15) is 4.79 Å². The van der Waals surface area contributed by atoms with Gasteiger partial charge < -0.3 is 16.4 Å². The molecule has 2 aromatic rings. The highest BCUT2D eigenvalue weighted by Gasteiger charge is 2.27. The van der Waals surface area contributed by atoms with Crippen molar-refractivity contribution < 1.29 is 4.79 Å². The number of rotatable bonds is 3. The van der Waals surface area contributed by atoms with Gasteiger partial charge in [-0.3, -0.25) is 4.79 Å². The maximum atomic E-state index is 12.7. The average Bonchev–Trinajstić information content (AvgIpc) is 2.51. The summed E-state index contributed by atoms with van der Waals surface area (Å²) in [6, 6.07) is 8.20. The van der Waals surface area contributed by atoms with E-state index in [1.165, 1.54) is 17.3 Å². The van der Waals surface area contributed by atoms with Crippen LogP contribution < -0.4 is 16.4 Å². The zero-order valence-electron chi connectivity index (χ0n) is 12.8. The molecule has 1 aromatic carbocycles. The predicted octanol–water partition coefficient (Wildman–Crippen LogP) is 1.50. The first-order valence-electron chi connectivity index (χ1n) is 7.34. The number of nitrogens with two attached hydrogens (primary N) is 2. The van der Waals surface area contributed by atoms with Crippen molar-refractivity contribution in [2.24, 2.45) is 0 Å². The minimum absolute atomic E-state index is 0.0206. The minimum atomic E-state index is 0.0206. The molecular formula is C15H18N6OS. The lowest BCUT2D eigenvalue weighted by Gasteiger charge is -2.35. The molecule has 120 valence electrons. The summed E-state index contributed by atoms with van der Waals surface area (Å²) in [5.74, 6) is 0.363. The van der Waals surface area contributed by atoms with Crippen LogP contribution in [0.5, 0.6) is 0 Å². The van der Waals surface area contributed by atoms with Gasteiger partial charge in [0.1, 0.15) is 0 Å². The summed E-state index contributed by atoms with van der Waals surface area (Å²) in [6.45, 7) is 2.07. The van der Waals surface area contributed by atoms with Crippen LogP contribution in [0, 0.1) is 0 Å². The Morgan fingerprint density at radius 3 is 2.70 bits per heavy atom. The van der Waals surface area contributed by atoms with E-state index >= 15 is 0 Å². The number of para-hydroxylation sites is 1. The Labute approximate surface area is 138 Å². The van der Waals surface area contributed by atoms with E-state index in [-0.39, 0.29) is 29.6 Å². The Hall–Kier alpha value is -2.35. The molecule has 0 spiro atoms. The fraction of sp³-hybridized carbons (Fsp3) is 0.333. The smallest absolute Gasteiger partial charge is 0.237 e. The molecule has 0 bridgehead atoms. The maximum absolute atomic E-state index is 12.7. The molecule has 1 unspecified atom stereocenters. The van der Waals surface area contributed by atoms with Gasteiger partial charge in [-0.25, -0.2) is 0 Å². The summed E-state index contributed by atoms with van der Waals surface area (Å²) in [4.78, 5) is 26.2. The van der Waals surface area contributed by atoms with Gasteiger partial charge >= 0.3 is 0 Å². The third-order valence-electron chi connectivity index (χ3n) is 3.77. The Bertz CT molecular complexity index is 717. The number of carbonyl (C=O) groups is 1. The van der Waals surface area contributed by atoms with Crippen molar-refractivity contribution in [1.82, 2.24) is 15.0 Å². The first kappa shape index (κ1) is 15.5. The number of fused-ring (bicyclic) bond motifs is 1. The lowest BCUT2D eigenvalue weighted by atomic mass is 9.97. The highest BCUT2D eigenvalue weighted by Crippen LogP contribution is 2.31. The second-order valence-corrected chi connectivity index (χ2v) is 6.35. The van der Waals surface area contributed by atoms with Crippen LogP contribution in [0.25, 0.3) is 0 Å². The van der Waals surface area contributed by atoms with Crippen LogP contribution in [0.15, 0.2) is 29.4 Å². The van der Waals surface area contributed by atoms with Gasteiger partial charge in [0.15, 0.2) is 5.16 Å². The van der Waals surface area contributed by atoms with Crippen molar-refractivity contribution in [3.63, 3.8) is 0 Å². The molecule has 1 atom stereocenters. The number of amides is 1. The predicted molar refractivity (Wildman–Crippen MR) is 91.1 cm³/mol. The van der Waals surface area contributed by atoms with Crippen LogP contribution in [0.1, 0.15) is 18.9 Å². The third kappa shape index (κ3) is 3.37. The topological polar surface area (TPSA) is 111 Å². The number of hydrogen-bond donors (Lipinski definition) is 2. The number of carbonyl (C=O) groups excluding carboxylic acids is 1. The Kier molecular flexibility index (Phi) is 4.33. The second-order valence-electron chi connectivity index (χ2n) is 5.40. The van der Waals surface area contributed by atoms with E-state index in [0.717, 1.165) is 18.5 Å². The summed E-state index contributed by atoms with van der Waals surface area (Å²) >= 11 is 1.21. The molecule has 0 radical (unpaired) electrons. The molecular weight excluding hydrogens is 312 g/mol. The molecule has 7 nitrogen and oxygen atoms in total. The van der Waals surface area contributed by atoms with Gasteiger partial charge in [-0.1, -0.05) is 30.0 Å². The first-order chi connectivity index (χ1) is 11.0. The standard InChI is InChI=1S/C15H18N6OS/c1-9-6-7-10-4-2-3-5-11(10)21(9)12(22)8-23-15-19-13(16)18-14(17)20-15/h2-5,9H,6-8H2,1H3,(H4,16,17,18,19,20). The summed E-state index contributed by atoms with van der Waals surface area (Å²) < 4.78 is 0. The molecule has 23 heavy (non-hydrogen) atoms. The van der Waals surface area contributed by atoms with Crippen molar-refractivity contribution in [1.29, 1.82) is 0 Å². The summed E-state index contributed by atoms with van der Waals surface area (Å²) in [5, 5.41) is 0.362. The molecule has 0 fully saturated rings. The molecule has 2 heterocycles. The van der Waals surface area contributed by atoms with Crippen LogP contribution in [-0.2, 0) is 11.2 Å². The van der Waals surface area contributed by atoms with Crippen molar-refractivity contribution in [2.45, 2.75) is 31.0 Å². The number of nitrogens with zero attached hydrogens (tertiary/aromatic N) is 4. The van der Waals surface area contributed by atoms with Gasteiger partial charge in [-0.05, 0) is 31.4 Å². The Morgan fingerprint density at radius 1 is 1.26 bits per heavy atom. The Morgan fingerprint density at radius 2 is 1.96 bits per heavy atom. The first-order valence-corrected chi connectivity index (χ1v) is 8.33. The molecule has 0 aliphatic carbocycles. The molecule has 1 aliphatic rings. The third-order valence-corrected chi connectivity index (χ3v) is 4.60. The highest BCUT2D eigenvalue weighted by molar-refractivity contribution is 7.99.